The van der Waals surface area contributed by atoms with E-state index in [1.54, 1.807) is 18.2 Å². The van der Waals surface area contributed by atoms with Gasteiger partial charge in [-0.15, -0.1) is 10.2 Å². The molecule has 0 spiro atoms. The maximum atomic E-state index is 12.6. The zero-order valence-electron chi connectivity index (χ0n) is 17.6. The van der Waals surface area contributed by atoms with Crippen molar-refractivity contribution in [3.05, 3.63) is 77.3 Å². The summed E-state index contributed by atoms with van der Waals surface area (Å²) >= 11 is 7.24. The van der Waals surface area contributed by atoms with Crippen LogP contribution in [0.5, 0.6) is 11.5 Å². The Hall–Kier alpha value is -4.00. The summed E-state index contributed by atoms with van der Waals surface area (Å²) < 4.78 is 12.8. The molecule has 0 bridgehead atoms. The molecule has 4 aromatic rings. The third-order valence-electron chi connectivity index (χ3n) is 4.99. The number of carbonyl (C=O) groups is 1. The van der Waals surface area contributed by atoms with Gasteiger partial charge in [0.15, 0.2) is 22.5 Å². The minimum absolute atomic E-state index is 0.0590. The van der Waals surface area contributed by atoms with Crippen LogP contribution in [0, 0.1) is 11.3 Å². The number of hydrogen-bond donors (Lipinski definition) is 1. The molecule has 0 radical (unpaired) electrons. The fourth-order valence-electron chi connectivity index (χ4n) is 3.43. The lowest BCUT2D eigenvalue weighted by molar-refractivity contribution is -0.113. The molecule has 3 aromatic carbocycles. The summed E-state index contributed by atoms with van der Waals surface area (Å²) in [5.74, 6) is 1.69. The van der Waals surface area contributed by atoms with Crippen molar-refractivity contribution in [3.63, 3.8) is 0 Å². The molecule has 0 saturated carbocycles. The van der Waals surface area contributed by atoms with Crippen LogP contribution >= 0.6 is 23.4 Å². The van der Waals surface area contributed by atoms with Crippen LogP contribution in [0.4, 0.5) is 5.69 Å². The number of nitriles is 1. The predicted molar refractivity (Wildman–Crippen MR) is 128 cm³/mol. The first kappa shape index (κ1) is 21.8. The Morgan fingerprint density at radius 2 is 1.91 bits per heavy atom. The molecule has 168 valence electrons. The second kappa shape index (κ2) is 9.47. The van der Waals surface area contributed by atoms with Crippen LogP contribution in [-0.4, -0.2) is 33.2 Å². The van der Waals surface area contributed by atoms with E-state index >= 15 is 0 Å². The lowest BCUT2D eigenvalue weighted by Gasteiger charge is -2.11. The summed E-state index contributed by atoms with van der Waals surface area (Å²) in [5, 5.41) is 21.7. The second-order valence-electron chi connectivity index (χ2n) is 7.18. The van der Waals surface area contributed by atoms with Gasteiger partial charge in [0.05, 0.1) is 17.0 Å². The van der Waals surface area contributed by atoms with Crippen LogP contribution in [0.3, 0.4) is 0 Å². The number of aromatic nitrogens is 3. The summed E-state index contributed by atoms with van der Waals surface area (Å²) in [4.78, 5) is 12.6. The van der Waals surface area contributed by atoms with Crippen molar-refractivity contribution in [2.24, 2.45) is 0 Å². The number of hydrogen-bond acceptors (Lipinski definition) is 7. The highest BCUT2D eigenvalue weighted by Crippen LogP contribution is 2.37. The molecule has 0 aliphatic carbocycles. The Balaban J connectivity index is 1.42. The Bertz CT molecular complexity index is 1420. The normalized spacial score (nSPS) is 11.8. The number of rotatable bonds is 6. The fourth-order valence-corrected chi connectivity index (χ4v) is 4.35. The minimum atomic E-state index is -0.295. The van der Waals surface area contributed by atoms with Crippen molar-refractivity contribution >= 4 is 35.0 Å². The van der Waals surface area contributed by atoms with Crippen molar-refractivity contribution in [3.8, 4) is 34.6 Å². The highest BCUT2D eigenvalue weighted by atomic mass is 35.5. The number of benzene rings is 3. The minimum Gasteiger partial charge on any atom is -0.454 e. The topological polar surface area (TPSA) is 102 Å². The summed E-state index contributed by atoms with van der Waals surface area (Å²) in [6, 6.07) is 22.0. The molecular weight excluding hydrogens is 474 g/mol. The molecule has 1 aliphatic rings. The van der Waals surface area contributed by atoms with Crippen molar-refractivity contribution in [2.45, 2.75) is 5.16 Å². The maximum absolute atomic E-state index is 12.6. The highest BCUT2D eigenvalue weighted by molar-refractivity contribution is 7.99. The molecule has 2 heterocycles. The zero-order valence-corrected chi connectivity index (χ0v) is 19.1. The number of anilines is 1. The van der Waals surface area contributed by atoms with E-state index < -0.39 is 0 Å². The largest absolute Gasteiger partial charge is 0.454 e. The van der Waals surface area contributed by atoms with Gasteiger partial charge in [-0.1, -0.05) is 41.6 Å². The number of carbonyl (C=O) groups excluding carboxylic acids is 1. The number of nitrogens with one attached hydrogen (secondary N) is 1. The van der Waals surface area contributed by atoms with Crippen LogP contribution in [-0.2, 0) is 4.79 Å². The van der Waals surface area contributed by atoms with E-state index in [1.165, 1.54) is 11.8 Å². The van der Waals surface area contributed by atoms with Gasteiger partial charge in [-0.3, -0.25) is 9.36 Å². The van der Waals surface area contributed by atoms with E-state index in [0.717, 1.165) is 11.3 Å². The molecule has 1 aliphatic heterocycles. The summed E-state index contributed by atoms with van der Waals surface area (Å²) in [6.45, 7) is 0.181. The molecule has 0 saturated heterocycles. The number of nitrogens with zero attached hydrogens (tertiary/aromatic N) is 4. The van der Waals surface area contributed by atoms with Crippen LogP contribution in [0.2, 0.25) is 5.02 Å². The van der Waals surface area contributed by atoms with Gasteiger partial charge in [0.2, 0.25) is 12.7 Å². The molecular formula is C24H16ClN5O3S. The van der Waals surface area contributed by atoms with Gasteiger partial charge >= 0.3 is 0 Å². The number of ether oxygens (including phenoxy) is 2. The van der Waals surface area contributed by atoms with Gasteiger partial charge in [0.1, 0.15) is 6.07 Å². The highest BCUT2D eigenvalue weighted by Gasteiger charge is 2.20. The van der Waals surface area contributed by atoms with Gasteiger partial charge in [-0.2, -0.15) is 5.26 Å². The summed E-state index contributed by atoms with van der Waals surface area (Å²) in [7, 11) is 0. The lowest BCUT2D eigenvalue weighted by atomic mass is 10.2. The molecule has 10 heteroatoms. The standard InChI is InChI=1S/C24H16ClN5O3S/c25-17-8-6-16(12-26)19(11-17)27-22(31)13-34-24-29-28-23(30(24)18-4-2-1-3-5-18)15-7-9-20-21(10-15)33-14-32-20/h1-11H,13-14H2,(H,27,31). The number of thioether (sulfide) groups is 1. The van der Waals surface area contributed by atoms with E-state index in [1.807, 2.05) is 59.2 Å². The van der Waals surface area contributed by atoms with Crippen molar-refractivity contribution < 1.29 is 14.3 Å². The van der Waals surface area contributed by atoms with E-state index in [2.05, 4.69) is 15.5 Å². The van der Waals surface area contributed by atoms with E-state index in [-0.39, 0.29) is 18.5 Å². The predicted octanol–water partition coefficient (Wildman–Crippen LogP) is 4.92. The Labute approximate surface area is 204 Å². The SMILES string of the molecule is N#Cc1ccc(Cl)cc1NC(=O)CSc1nnc(-c2ccc3c(c2)OCO3)n1-c1ccccc1. The molecule has 0 fully saturated rings. The maximum Gasteiger partial charge on any atom is 0.234 e. The smallest absolute Gasteiger partial charge is 0.234 e. The first-order valence-electron chi connectivity index (χ1n) is 10.2. The third-order valence-corrected chi connectivity index (χ3v) is 6.15. The molecule has 0 atom stereocenters. The second-order valence-corrected chi connectivity index (χ2v) is 8.56. The Morgan fingerprint density at radius 1 is 1.09 bits per heavy atom. The fraction of sp³-hybridized carbons (Fsp3) is 0.0833. The van der Waals surface area contributed by atoms with Gasteiger partial charge in [-0.25, -0.2) is 0 Å². The van der Waals surface area contributed by atoms with Crippen LogP contribution < -0.4 is 14.8 Å². The molecule has 0 unspecified atom stereocenters. The van der Waals surface area contributed by atoms with Crippen molar-refractivity contribution in [1.29, 1.82) is 5.26 Å². The first-order chi connectivity index (χ1) is 16.6. The lowest BCUT2D eigenvalue weighted by Crippen LogP contribution is -2.15. The van der Waals surface area contributed by atoms with E-state index in [0.29, 0.717) is 38.8 Å². The van der Waals surface area contributed by atoms with E-state index in [4.69, 9.17) is 21.1 Å². The molecule has 5 rings (SSSR count). The molecule has 1 N–H and O–H groups in total. The first-order valence-corrected chi connectivity index (χ1v) is 11.5. The zero-order chi connectivity index (χ0) is 23.5. The van der Waals surface area contributed by atoms with Gasteiger partial charge in [0.25, 0.3) is 0 Å². The van der Waals surface area contributed by atoms with Gasteiger partial charge in [0, 0.05) is 16.3 Å². The summed E-state index contributed by atoms with van der Waals surface area (Å²) in [5.41, 5.74) is 2.35. The third kappa shape index (κ3) is 4.41. The summed E-state index contributed by atoms with van der Waals surface area (Å²) in [6.07, 6.45) is 0. The quantitative estimate of drug-likeness (QED) is 0.383. The van der Waals surface area contributed by atoms with Crippen molar-refractivity contribution in [2.75, 3.05) is 17.9 Å². The molecule has 1 amide bonds. The molecule has 1 aromatic heterocycles. The molecule has 34 heavy (non-hydrogen) atoms. The Morgan fingerprint density at radius 3 is 2.74 bits per heavy atom. The Kier molecular flexibility index (Phi) is 6.08. The average Bonchev–Trinajstić information content (AvgIpc) is 3.50. The van der Waals surface area contributed by atoms with E-state index in [9.17, 15) is 10.1 Å². The van der Waals surface area contributed by atoms with Crippen LogP contribution in [0.25, 0.3) is 17.1 Å². The van der Waals surface area contributed by atoms with Gasteiger partial charge < -0.3 is 14.8 Å². The monoisotopic (exact) mass is 489 g/mol. The van der Waals surface area contributed by atoms with Crippen LogP contribution in [0.1, 0.15) is 5.56 Å². The number of para-hydroxylation sites is 1. The van der Waals surface area contributed by atoms with Crippen molar-refractivity contribution in [1.82, 2.24) is 14.8 Å². The average molecular weight is 490 g/mol. The number of fused-ring (bicyclic) bond motifs is 1. The number of halogens is 1. The van der Waals surface area contributed by atoms with Crippen LogP contribution in [0.15, 0.2) is 71.9 Å². The van der Waals surface area contributed by atoms with Gasteiger partial charge in [-0.05, 0) is 48.5 Å². The number of amides is 1. The molecule has 8 nitrogen and oxygen atoms in total.